The lowest BCUT2D eigenvalue weighted by Gasteiger charge is -2.28. The Balaban J connectivity index is 1.62. The lowest BCUT2D eigenvalue weighted by Crippen LogP contribution is -2.36. The summed E-state index contributed by atoms with van der Waals surface area (Å²) in [7, 11) is 1.60. The monoisotopic (exact) mass is 411 g/mol. The molecule has 152 valence electrons. The number of halogens is 1. The van der Waals surface area contributed by atoms with Crippen molar-refractivity contribution in [2.45, 2.75) is 18.9 Å². The van der Waals surface area contributed by atoms with Crippen molar-refractivity contribution in [3.05, 3.63) is 76.3 Å². The van der Waals surface area contributed by atoms with Crippen LogP contribution in [0.4, 0.5) is 0 Å². The zero-order chi connectivity index (χ0) is 20.6. The van der Waals surface area contributed by atoms with Gasteiger partial charge in [-0.3, -0.25) is 14.5 Å². The van der Waals surface area contributed by atoms with Gasteiger partial charge in [-0.15, -0.1) is 0 Å². The van der Waals surface area contributed by atoms with E-state index in [0.717, 1.165) is 29.2 Å². The van der Waals surface area contributed by atoms with Crippen LogP contribution in [0.25, 0.3) is 6.08 Å². The summed E-state index contributed by atoms with van der Waals surface area (Å²) in [6.07, 6.45) is 5.59. The second-order valence-electron chi connectivity index (χ2n) is 7.06. The topological polar surface area (TPSA) is 61.4 Å². The van der Waals surface area contributed by atoms with Gasteiger partial charge >= 0.3 is 0 Å². The molecule has 1 saturated heterocycles. The quantitative estimate of drug-likeness (QED) is 0.683. The Hall–Kier alpha value is -2.63. The highest BCUT2D eigenvalue weighted by Crippen LogP contribution is 2.29. The van der Waals surface area contributed by atoms with Crippen molar-refractivity contribution in [1.82, 2.24) is 15.5 Å². The third-order valence-corrected chi connectivity index (χ3v) is 5.49. The standard InChI is InChI=1S/C23H26ClN3O2/c1-25-23(29)18-11-8-17(9-12-18)10-13-22(28)26-16-21(27-14-4-5-15-27)19-6-2-3-7-20(19)24/h2-3,6-13,21H,4-5,14-16H2,1H3,(H,25,29)(H,26,28)/b13-10+/t21-/m1/s1. The molecule has 2 N–H and O–H groups in total. The van der Waals surface area contributed by atoms with Gasteiger partial charge in [-0.05, 0) is 61.3 Å². The van der Waals surface area contributed by atoms with Crippen molar-refractivity contribution < 1.29 is 9.59 Å². The van der Waals surface area contributed by atoms with Crippen LogP contribution in [-0.2, 0) is 4.79 Å². The lowest BCUT2D eigenvalue weighted by atomic mass is 10.1. The summed E-state index contributed by atoms with van der Waals surface area (Å²) in [6, 6.07) is 15.0. The van der Waals surface area contributed by atoms with Crippen LogP contribution in [0.15, 0.2) is 54.6 Å². The number of carbonyl (C=O) groups excluding carboxylic acids is 2. The zero-order valence-electron chi connectivity index (χ0n) is 16.5. The van der Waals surface area contributed by atoms with E-state index < -0.39 is 0 Å². The fourth-order valence-corrected chi connectivity index (χ4v) is 3.81. The van der Waals surface area contributed by atoms with Crippen LogP contribution < -0.4 is 10.6 Å². The van der Waals surface area contributed by atoms with Crippen LogP contribution in [0.3, 0.4) is 0 Å². The number of likely N-dealkylation sites (tertiary alicyclic amines) is 1. The number of carbonyl (C=O) groups is 2. The van der Waals surface area contributed by atoms with Crippen molar-refractivity contribution in [3.63, 3.8) is 0 Å². The highest BCUT2D eigenvalue weighted by Gasteiger charge is 2.25. The van der Waals surface area contributed by atoms with Gasteiger partial charge in [0.1, 0.15) is 0 Å². The first-order valence-electron chi connectivity index (χ1n) is 9.85. The van der Waals surface area contributed by atoms with E-state index in [1.165, 1.54) is 18.9 Å². The van der Waals surface area contributed by atoms with Gasteiger partial charge in [0.15, 0.2) is 0 Å². The van der Waals surface area contributed by atoms with Crippen LogP contribution in [0, 0.1) is 0 Å². The molecule has 0 radical (unpaired) electrons. The summed E-state index contributed by atoms with van der Waals surface area (Å²) in [5.41, 5.74) is 2.49. The molecule has 3 rings (SSSR count). The van der Waals surface area contributed by atoms with E-state index in [9.17, 15) is 9.59 Å². The summed E-state index contributed by atoms with van der Waals surface area (Å²) in [5, 5.41) is 6.32. The molecule has 5 nitrogen and oxygen atoms in total. The van der Waals surface area contributed by atoms with Crippen LogP contribution in [-0.4, -0.2) is 43.4 Å². The summed E-state index contributed by atoms with van der Waals surface area (Å²) < 4.78 is 0. The molecule has 0 unspecified atom stereocenters. The Kier molecular flexibility index (Phi) is 7.44. The van der Waals surface area contributed by atoms with Gasteiger partial charge < -0.3 is 10.6 Å². The molecular weight excluding hydrogens is 386 g/mol. The summed E-state index contributed by atoms with van der Waals surface area (Å²) in [5.74, 6) is -0.289. The molecule has 1 heterocycles. The van der Waals surface area contributed by atoms with E-state index in [0.29, 0.717) is 12.1 Å². The van der Waals surface area contributed by atoms with Gasteiger partial charge in [0.2, 0.25) is 5.91 Å². The summed E-state index contributed by atoms with van der Waals surface area (Å²) in [4.78, 5) is 26.3. The van der Waals surface area contributed by atoms with Crippen molar-refractivity contribution in [1.29, 1.82) is 0 Å². The molecule has 29 heavy (non-hydrogen) atoms. The van der Waals surface area contributed by atoms with E-state index >= 15 is 0 Å². The fourth-order valence-electron chi connectivity index (χ4n) is 3.55. The first-order chi connectivity index (χ1) is 14.1. The van der Waals surface area contributed by atoms with E-state index in [-0.39, 0.29) is 17.9 Å². The van der Waals surface area contributed by atoms with Gasteiger partial charge in [-0.2, -0.15) is 0 Å². The van der Waals surface area contributed by atoms with Gasteiger partial charge in [0.25, 0.3) is 5.91 Å². The molecule has 2 amide bonds. The van der Waals surface area contributed by atoms with Crippen LogP contribution in [0.5, 0.6) is 0 Å². The minimum absolute atomic E-state index is 0.0652. The maximum Gasteiger partial charge on any atom is 0.251 e. The van der Waals surface area contributed by atoms with E-state index in [2.05, 4.69) is 15.5 Å². The molecule has 1 aliphatic heterocycles. The molecule has 2 aromatic carbocycles. The molecule has 0 saturated carbocycles. The van der Waals surface area contributed by atoms with E-state index in [1.54, 1.807) is 25.3 Å². The number of rotatable bonds is 7. The molecule has 1 aliphatic rings. The lowest BCUT2D eigenvalue weighted by molar-refractivity contribution is -0.116. The number of hydrogen-bond donors (Lipinski definition) is 2. The Morgan fingerprint density at radius 1 is 1.10 bits per heavy atom. The Bertz CT molecular complexity index is 874. The van der Waals surface area contributed by atoms with Gasteiger partial charge in [-0.25, -0.2) is 0 Å². The molecule has 1 atom stereocenters. The maximum atomic E-state index is 12.4. The minimum Gasteiger partial charge on any atom is -0.355 e. The average Bonchev–Trinajstić information content (AvgIpc) is 3.28. The largest absolute Gasteiger partial charge is 0.355 e. The second-order valence-corrected chi connectivity index (χ2v) is 7.47. The maximum absolute atomic E-state index is 12.4. The number of benzene rings is 2. The molecule has 0 aliphatic carbocycles. The fraction of sp³-hybridized carbons (Fsp3) is 0.304. The molecule has 2 aromatic rings. The summed E-state index contributed by atoms with van der Waals surface area (Å²) in [6.45, 7) is 2.53. The van der Waals surface area contributed by atoms with Gasteiger partial charge in [-0.1, -0.05) is 41.9 Å². The Morgan fingerprint density at radius 3 is 2.45 bits per heavy atom. The van der Waals surface area contributed by atoms with E-state index in [1.807, 2.05) is 36.4 Å². The third-order valence-electron chi connectivity index (χ3n) is 5.14. The van der Waals surface area contributed by atoms with Crippen LogP contribution >= 0.6 is 11.6 Å². The molecule has 0 bridgehead atoms. The van der Waals surface area contributed by atoms with Crippen LogP contribution in [0.1, 0.15) is 40.4 Å². The normalized spacial score (nSPS) is 15.4. The zero-order valence-corrected chi connectivity index (χ0v) is 17.3. The number of amides is 2. The Labute approximate surface area is 176 Å². The minimum atomic E-state index is -0.156. The predicted molar refractivity (Wildman–Crippen MR) is 117 cm³/mol. The third kappa shape index (κ3) is 5.68. The number of nitrogens with zero attached hydrogens (tertiary/aromatic N) is 1. The number of nitrogens with one attached hydrogen (secondary N) is 2. The Morgan fingerprint density at radius 2 is 1.79 bits per heavy atom. The highest BCUT2D eigenvalue weighted by molar-refractivity contribution is 6.31. The average molecular weight is 412 g/mol. The van der Waals surface area contributed by atoms with Crippen molar-refractivity contribution >= 4 is 29.5 Å². The van der Waals surface area contributed by atoms with Crippen molar-refractivity contribution in [2.24, 2.45) is 0 Å². The summed E-state index contributed by atoms with van der Waals surface area (Å²) >= 11 is 6.42. The van der Waals surface area contributed by atoms with Crippen molar-refractivity contribution in [2.75, 3.05) is 26.7 Å². The first kappa shape index (κ1) is 21.1. The first-order valence-corrected chi connectivity index (χ1v) is 10.2. The highest BCUT2D eigenvalue weighted by atomic mass is 35.5. The van der Waals surface area contributed by atoms with Gasteiger partial charge in [0.05, 0.1) is 6.04 Å². The molecule has 0 spiro atoms. The van der Waals surface area contributed by atoms with E-state index in [4.69, 9.17) is 11.6 Å². The van der Waals surface area contributed by atoms with Crippen LogP contribution in [0.2, 0.25) is 5.02 Å². The predicted octanol–water partition coefficient (Wildman–Crippen LogP) is 3.67. The second kappa shape index (κ2) is 10.2. The molecule has 6 heteroatoms. The smallest absolute Gasteiger partial charge is 0.251 e. The van der Waals surface area contributed by atoms with Gasteiger partial charge in [0, 0.05) is 30.3 Å². The molecule has 0 aromatic heterocycles. The molecule has 1 fully saturated rings. The SMILES string of the molecule is CNC(=O)c1ccc(/C=C/C(=O)NC[C@H](c2ccccc2Cl)N2CCCC2)cc1. The van der Waals surface area contributed by atoms with Crippen molar-refractivity contribution in [3.8, 4) is 0 Å². The molecular formula is C23H26ClN3O2. The number of hydrogen-bond acceptors (Lipinski definition) is 3.